The second-order valence-corrected chi connectivity index (χ2v) is 12.3. The largest absolute Gasteiger partial charge is 0.466 e. The highest BCUT2D eigenvalue weighted by Crippen LogP contribution is 2.38. The fourth-order valence-electron chi connectivity index (χ4n) is 2.64. The molecule has 0 saturated carbocycles. The lowest BCUT2D eigenvalue weighted by Crippen LogP contribution is -2.31. The van der Waals surface area contributed by atoms with Crippen LogP contribution in [0.25, 0.3) is 0 Å². The van der Waals surface area contributed by atoms with Crippen molar-refractivity contribution in [3.8, 4) is 0 Å². The highest BCUT2D eigenvalue weighted by atomic mass is 28.3. The van der Waals surface area contributed by atoms with Gasteiger partial charge in [-0.1, -0.05) is 49.5 Å². The summed E-state index contributed by atoms with van der Waals surface area (Å²) < 4.78 is 5.41. The second kappa shape index (κ2) is 5.49. The number of hydrogen-bond donors (Lipinski definition) is 0. The van der Waals surface area contributed by atoms with Crippen LogP contribution in [0.5, 0.6) is 0 Å². The lowest BCUT2D eigenvalue weighted by Gasteiger charge is -2.29. The van der Waals surface area contributed by atoms with E-state index in [9.17, 15) is 4.79 Å². The maximum Gasteiger partial charge on any atom is 0.306 e. The highest BCUT2D eigenvalue weighted by molar-refractivity contribution is 6.77. The van der Waals surface area contributed by atoms with Crippen molar-refractivity contribution in [1.29, 1.82) is 0 Å². The molecule has 1 fully saturated rings. The molecule has 0 radical (unpaired) electrons. The van der Waals surface area contributed by atoms with Crippen LogP contribution in [0.2, 0.25) is 25.2 Å². The summed E-state index contributed by atoms with van der Waals surface area (Å²) in [4.78, 5) is 11.8. The van der Waals surface area contributed by atoms with Gasteiger partial charge in [0, 0.05) is 0 Å². The molecule has 3 heteroatoms. The Hall–Kier alpha value is -1.09. The molecule has 2 rings (SSSR count). The fourth-order valence-corrected chi connectivity index (χ4v) is 4.22. The van der Waals surface area contributed by atoms with E-state index in [1.165, 1.54) is 11.1 Å². The van der Waals surface area contributed by atoms with Crippen molar-refractivity contribution in [2.75, 3.05) is 6.61 Å². The summed E-state index contributed by atoms with van der Waals surface area (Å²) >= 11 is 0. The van der Waals surface area contributed by atoms with Gasteiger partial charge < -0.3 is 4.74 Å². The van der Waals surface area contributed by atoms with Crippen LogP contribution >= 0.6 is 0 Å². The highest BCUT2D eigenvalue weighted by Gasteiger charge is 2.34. The van der Waals surface area contributed by atoms with E-state index in [0.29, 0.717) is 24.5 Å². The molecule has 1 saturated heterocycles. The van der Waals surface area contributed by atoms with Gasteiger partial charge in [-0.05, 0) is 30.4 Å². The van der Waals surface area contributed by atoms with Gasteiger partial charge in [-0.3, -0.25) is 4.79 Å². The Morgan fingerprint density at radius 3 is 2.37 bits per heavy atom. The SMILES string of the molecule is Cc1ccc([C@H]2CC(=O)OC[C@H]([Si](C)(C)C)C2)cc1. The predicted molar refractivity (Wildman–Crippen MR) is 81.2 cm³/mol. The van der Waals surface area contributed by atoms with Crippen molar-refractivity contribution in [2.45, 2.75) is 50.9 Å². The Kier molecular flexibility index (Phi) is 4.14. The van der Waals surface area contributed by atoms with Crippen molar-refractivity contribution in [3.63, 3.8) is 0 Å². The van der Waals surface area contributed by atoms with Crippen LogP contribution in [0.1, 0.15) is 29.9 Å². The average Bonchev–Trinajstić information content (AvgIpc) is 2.51. The van der Waals surface area contributed by atoms with Gasteiger partial charge in [-0.2, -0.15) is 0 Å². The Balaban J connectivity index is 2.22. The molecule has 19 heavy (non-hydrogen) atoms. The molecule has 1 aromatic carbocycles. The lowest BCUT2D eigenvalue weighted by molar-refractivity contribution is -0.142. The number of rotatable bonds is 2. The van der Waals surface area contributed by atoms with E-state index in [0.717, 1.165) is 6.42 Å². The summed E-state index contributed by atoms with van der Waals surface area (Å²) in [6.45, 7) is 9.81. The zero-order valence-corrected chi connectivity index (χ0v) is 13.4. The first-order valence-electron chi connectivity index (χ1n) is 7.08. The molecule has 0 aliphatic carbocycles. The first-order valence-corrected chi connectivity index (χ1v) is 10.7. The van der Waals surface area contributed by atoms with Gasteiger partial charge in [0.25, 0.3) is 0 Å². The van der Waals surface area contributed by atoms with E-state index in [4.69, 9.17) is 4.74 Å². The Bertz CT molecular complexity index is 445. The molecule has 1 aliphatic rings. The molecule has 0 aromatic heterocycles. The summed E-state index contributed by atoms with van der Waals surface area (Å²) in [6.07, 6.45) is 1.62. The minimum atomic E-state index is -1.28. The van der Waals surface area contributed by atoms with Gasteiger partial charge in [0.05, 0.1) is 21.1 Å². The number of aryl methyl sites for hydroxylation is 1. The molecule has 2 nitrogen and oxygen atoms in total. The third kappa shape index (κ3) is 3.69. The summed E-state index contributed by atoms with van der Waals surface area (Å²) in [5.41, 5.74) is 3.11. The average molecular weight is 276 g/mol. The topological polar surface area (TPSA) is 26.3 Å². The van der Waals surface area contributed by atoms with E-state index in [-0.39, 0.29) is 5.97 Å². The molecule has 1 aliphatic heterocycles. The van der Waals surface area contributed by atoms with Crippen LogP contribution in [-0.2, 0) is 9.53 Å². The third-order valence-electron chi connectivity index (χ3n) is 4.20. The van der Waals surface area contributed by atoms with Crippen LogP contribution in [-0.4, -0.2) is 20.7 Å². The molecular weight excluding hydrogens is 252 g/mol. The molecule has 0 amide bonds. The number of benzene rings is 1. The molecular formula is C16H24O2Si. The maximum absolute atomic E-state index is 11.8. The van der Waals surface area contributed by atoms with Crippen molar-refractivity contribution >= 4 is 14.0 Å². The summed E-state index contributed by atoms with van der Waals surface area (Å²) in [5, 5.41) is 0. The third-order valence-corrected chi connectivity index (χ3v) is 7.05. The normalized spacial score (nSPS) is 24.7. The zero-order valence-electron chi connectivity index (χ0n) is 12.4. The number of ether oxygens (including phenoxy) is 1. The van der Waals surface area contributed by atoms with E-state index >= 15 is 0 Å². The molecule has 2 atom stereocenters. The van der Waals surface area contributed by atoms with Crippen LogP contribution in [0.4, 0.5) is 0 Å². The number of esters is 1. The first kappa shape index (κ1) is 14.3. The van der Waals surface area contributed by atoms with Crippen LogP contribution < -0.4 is 0 Å². The standard InChI is InChI=1S/C16H24O2Si/c1-12-5-7-13(8-6-12)14-9-15(19(2,3)4)11-18-16(17)10-14/h5-8,14-15H,9-11H2,1-4H3/t14-,15-/m1/s1. The van der Waals surface area contributed by atoms with Crippen LogP contribution in [0.15, 0.2) is 24.3 Å². The van der Waals surface area contributed by atoms with Crippen molar-refractivity contribution in [1.82, 2.24) is 0 Å². The maximum atomic E-state index is 11.8. The second-order valence-electron chi connectivity index (χ2n) is 6.79. The molecule has 104 valence electrons. The molecule has 0 N–H and O–H groups in total. The molecule has 0 unspecified atom stereocenters. The molecule has 1 aromatic rings. The van der Waals surface area contributed by atoms with Gasteiger partial charge in [-0.25, -0.2) is 0 Å². The Morgan fingerprint density at radius 2 is 1.79 bits per heavy atom. The predicted octanol–water partition coefficient (Wildman–Crippen LogP) is 4.12. The van der Waals surface area contributed by atoms with E-state index in [2.05, 4.69) is 50.8 Å². The van der Waals surface area contributed by atoms with Gasteiger partial charge in [0.1, 0.15) is 0 Å². The fraction of sp³-hybridized carbons (Fsp3) is 0.562. The molecule has 1 heterocycles. The van der Waals surface area contributed by atoms with Crippen molar-refractivity contribution in [3.05, 3.63) is 35.4 Å². The van der Waals surface area contributed by atoms with Crippen molar-refractivity contribution < 1.29 is 9.53 Å². The number of carbonyl (C=O) groups excluding carboxylic acids is 1. The van der Waals surface area contributed by atoms with E-state index < -0.39 is 8.07 Å². The number of cyclic esters (lactones) is 1. The minimum absolute atomic E-state index is 0.0358. The first-order chi connectivity index (χ1) is 8.86. The summed E-state index contributed by atoms with van der Waals surface area (Å²) in [5.74, 6) is 0.290. The summed E-state index contributed by atoms with van der Waals surface area (Å²) in [6, 6.07) is 8.60. The van der Waals surface area contributed by atoms with E-state index in [1.54, 1.807) is 0 Å². The minimum Gasteiger partial charge on any atom is -0.466 e. The van der Waals surface area contributed by atoms with Gasteiger partial charge >= 0.3 is 5.97 Å². The smallest absolute Gasteiger partial charge is 0.306 e. The summed E-state index contributed by atoms with van der Waals surface area (Å²) in [7, 11) is -1.28. The van der Waals surface area contributed by atoms with Gasteiger partial charge in [0.15, 0.2) is 0 Å². The monoisotopic (exact) mass is 276 g/mol. The van der Waals surface area contributed by atoms with Gasteiger partial charge in [0.2, 0.25) is 0 Å². The van der Waals surface area contributed by atoms with Crippen LogP contribution in [0, 0.1) is 6.92 Å². The zero-order chi connectivity index (χ0) is 14.0. The molecule has 0 spiro atoms. The lowest BCUT2D eigenvalue weighted by atomic mass is 9.91. The quantitative estimate of drug-likeness (QED) is 0.600. The Labute approximate surface area is 117 Å². The van der Waals surface area contributed by atoms with Gasteiger partial charge in [-0.15, -0.1) is 0 Å². The van der Waals surface area contributed by atoms with Crippen molar-refractivity contribution in [2.24, 2.45) is 0 Å². The number of hydrogen-bond acceptors (Lipinski definition) is 2. The number of carbonyl (C=O) groups is 1. The molecule has 0 bridgehead atoms. The van der Waals surface area contributed by atoms with E-state index in [1.807, 2.05) is 0 Å². The Morgan fingerprint density at radius 1 is 1.16 bits per heavy atom. The van der Waals surface area contributed by atoms with Crippen LogP contribution in [0.3, 0.4) is 0 Å².